The first kappa shape index (κ1) is 46.6. The lowest BCUT2D eigenvalue weighted by Gasteiger charge is -2.39. The van der Waals surface area contributed by atoms with E-state index < -0.39 is 48.0 Å². The maximum atomic E-state index is 13.2. The zero-order valence-electron chi connectivity index (χ0n) is 33.8. The molecule has 2 rings (SSSR count). The third kappa shape index (κ3) is 19.6. The molecule has 306 valence electrons. The highest BCUT2D eigenvalue weighted by Crippen LogP contribution is 2.27. The zero-order valence-corrected chi connectivity index (χ0v) is 34.6. The van der Waals surface area contributed by atoms with Crippen molar-refractivity contribution in [2.45, 2.75) is 181 Å². The van der Waals surface area contributed by atoms with Gasteiger partial charge in [-0.3, -0.25) is 9.69 Å². The SMILES string of the molecule is CCCCCCCCCCCCCCCCCC(=O)OC(C)C(=O)OC(C)C(=O)O[C@H](COc1nsnc1N1CCOCC1)CN(C(C)O)C(C)(C)C. The first-order valence-electron chi connectivity index (χ1n) is 20.2. The summed E-state index contributed by atoms with van der Waals surface area (Å²) in [5, 5.41) is 10.5. The van der Waals surface area contributed by atoms with Crippen LogP contribution in [0.4, 0.5) is 5.82 Å². The van der Waals surface area contributed by atoms with Gasteiger partial charge >= 0.3 is 17.9 Å². The Morgan fingerprint density at radius 1 is 0.792 bits per heavy atom. The van der Waals surface area contributed by atoms with Crippen LogP contribution in [-0.4, -0.2) is 106 Å². The number of morpholine rings is 1. The van der Waals surface area contributed by atoms with E-state index in [0.717, 1.165) is 24.6 Å². The fraction of sp³-hybridized carbons (Fsp3) is 0.872. The number of hydrogen-bond acceptors (Lipinski definition) is 14. The van der Waals surface area contributed by atoms with Crippen molar-refractivity contribution in [2.75, 3.05) is 44.4 Å². The van der Waals surface area contributed by atoms with Crippen LogP contribution in [0.15, 0.2) is 0 Å². The number of unbranched alkanes of at least 4 members (excludes halogenated alkanes) is 14. The lowest BCUT2D eigenvalue weighted by molar-refractivity contribution is -0.181. The number of aliphatic hydroxyl groups is 1. The molecule has 3 unspecified atom stereocenters. The summed E-state index contributed by atoms with van der Waals surface area (Å²) < 4.78 is 36.6. The molecule has 0 aliphatic carbocycles. The lowest BCUT2D eigenvalue weighted by atomic mass is 10.0. The van der Waals surface area contributed by atoms with Gasteiger partial charge in [-0.05, 0) is 48.0 Å². The molecule has 1 aromatic heterocycles. The predicted octanol–water partition coefficient (Wildman–Crippen LogP) is 7.23. The Morgan fingerprint density at radius 2 is 1.30 bits per heavy atom. The number of rotatable bonds is 28. The van der Waals surface area contributed by atoms with Gasteiger partial charge in [0.2, 0.25) is 5.82 Å². The second kappa shape index (κ2) is 26.3. The molecule has 0 radical (unpaired) electrons. The molecular weight excluding hydrogens is 701 g/mol. The maximum absolute atomic E-state index is 13.2. The van der Waals surface area contributed by atoms with Crippen LogP contribution in [0.25, 0.3) is 0 Å². The van der Waals surface area contributed by atoms with E-state index in [4.69, 9.17) is 23.7 Å². The van der Waals surface area contributed by atoms with Gasteiger partial charge < -0.3 is 33.7 Å². The summed E-state index contributed by atoms with van der Waals surface area (Å²) in [5.74, 6) is -1.19. The van der Waals surface area contributed by atoms with Gasteiger partial charge in [0.1, 0.15) is 18.9 Å². The smallest absolute Gasteiger partial charge is 0.347 e. The van der Waals surface area contributed by atoms with Crippen LogP contribution in [0, 0.1) is 0 Å². The van der Waals surface area contributed by atoms with E-state index in [0.29, 0.717) is 44.4 Å². The first-order chi connectivity index (χ1) is 25.3. The number of esters is 3. The molecule has 1 saturated heterocycles. The lowest BCUT2D eigenvalue weighted by Crippen LogP contribution is -2.52. The van der Waals surface area contributed by atoms with Gasteiger partial charge in [-0.15, -0.1) is 4.37 Å². The standard InChI is InChI=1S/C39H70N4O9S/c1-8-9-10-11-12-13-14-15-16-17-18-19-20-21-22-23-34(45)50-30(2)37(46)51-31(3)38(47)52-33(28-43(32(4)44)39(5,6)7)29-49-36-35(40-53-41-36)42-24-26-48-27-25-42/h30-33,44H,8-29H2,1-7H3/t30?,31?,32?,33-/m0/s1. The van der Waals surface area contributed by atoms with E-state index in [1.165, 1.54) is 90.9 Å². The van der Waals surface area contributed by atoms with Gasteiger partial charge in [0.15, 0.2) is 12.2 Å². The van der Waals surface area contributed by atoms with Crippen LogP contribution in [0.5, 0.6) is 5.88 Å². The zero-order chi connectivity index (χ0) is 39.1. The fourth-order valence-electron chi connectivity index (χ4n) is 6.26. The van der Waals surface area contributed by atoms with Gasteiger partial charge in [0, 0.05) is 31.6 Å². The van der Waals surface area contributed by atoms with Gasteiger partial charge in [0.25, 0.3) is 5.88 Å². The second-order valence-corrected chi connectivity index (χ2v) is 15.8. The molecule has 4 atom stereocenters. The molecule has 1 aliphatic rings. The quantitative estimate of drug-likeness (QED) is 0.0396. The average Bonchev–Trinajstić information content (AvgIpc) is 3.59. The van der Waals surface area contributed by atoms with Crippen molar-refractivity contribution in [3.05, 3.63) is 0 Å². The summed E-state index contributed by atoms with van der Waals surface area (Å²) in [6, 6.07) is 0. The minimum atomic E-state index is -1.28. The third-order valence-corrected chi connectivity index (χ3v) is 9.91. The number of hydrogen-bond donors (Lipinski definition) is 1. The molecule has 13 nitrogen and oxygen atoms in total. The molecule has 1 fully saturated rings. The summed E-state index contributed by atoms with van der Waals surface area (Å²) in [4.78, 5) is 42.2. The Balaban J connectivity index is 1.74. The number of ether oxygens (including phenoxy) is 5. The van der Waals surface area contributed by atoms with Crippen LogP contribution < -0.4 is 9.64 Å². The van der Waals surface area contributed by atoms with Crippen molar-refractivity contribution in [2.24, 2.45) is 0 Å². The van der Waals surface area contributed by atoms with E-state index >= 15 is 0 Å². The summed E-state index contributed by atoms with van der Waals surface area (Å²) in [6.45, 7) is 15.0. The van der Waals surface area contributed by atoms with Crippen molar-refractivity contribution >= 4 is 35.5 Å². The average molecular weight is 771 g/mol. The Bertz CT molecular complexity index is 1160. The predicted molar refractivity (Wildman–Crippen MR) is 207 cm³/mol. The van der Waals surface area contributed by atoms with Crippen LogP contribution in [-0.2, 0) is 33.3 Å². The molecule has 2 heterocycles. The van der Waals surface area contributed by atoms with Crippen molar-refractivity contribution in [1.82, 2.24) is 13.6 Å². The molecule has 53 heavy (non-hydrogen) atoms. The molecule has 0 spiro atoms. The third-order valence-electron chi connectivity index (χ3n) is 9.40. The Hall–Kier alpha value is -2.55. The Kier molecular flexibility index (Phi) is 23.1. The number of anilines is 1. The van der Waals surface area contributed by atoms with E-state index in [1.54, 1.807) is 11.8 Å². The number of carbonyl (C=O) groups is 3. The highest BCUT2D eigenvalue weighted by Gasteiger charge is 2.33. The highest BCUT2D eigenvalue weighted by molar-refractivity contribution is 6.99. The van der Waals surface area contributed by atoms with Crippen molar-refractivity contribution < 1.29 is 43.2 Å². The Morgan fingerprint density at radius 3 is 1.83 bits per heavy atom. The van der Waals surface area contributed by atoms with Gasteiger partial charge in [-0.25, -0.2) is 9.59 Å². The van der Waals surface area contributed by atoms with Crippen LogP contribution in [0.2, 0.25) is 0 Å². The molecule has 1 N–H and O–H groups in total. The molecule has 0 aromatic carbocycles. The first-order valence-corrected chi connectivity index (χ1v) is 20.9. The van der Waals surface area contributed by atoms with Crippen LogP contribution in [0.1, 0.15) is 151 Å². The molecule has 0 bridgehead atoms. The normalized spacial score (nSPS) is 15.8. The van der Waals surface area contributed by atoms with Gasteiger partial charge in [-0.2, -0.15) is 4.37 Å². The van der Waals surface area contributed by atoms with E-state index in [2.05, 4.69) is 15.7 Å². The summed E-state index contributed by atoms with van der Waals surface area (Å²) in [7, 11) is 0. The van der Waals surface area contributed by atoms with Gasteiger partial charge in [-0.1, -0.05) is 96.8 Å². The van der Waals surface area contributed by atoms with E-state index in [9.17, 15) is 19.5 Å². The van der Waals surface area contributed by atoms with Gasteiger partial charge in [0.05, 0.1) is 24.9 Å². The van der Waals surface area contributed by atoms with Crippen molar-refractivity contribution in [1.29, 1.82) is 0 Å². The second-order valence-electron chi connectivity index (χ2n) is 15.2. The van der Waals surface area contributed by atoms with Crippen molar-refractivity contribution in [3.63, 3.8) is 0 Å². The minimum Gasteiger partial charge on any atom is -0.470 e. The molecule has 0 saturated carbocycles. The molecular formula is C39H70N4O9S. The Labute approximate surface area is 323 Å². The van der Waals surface area contributed by atoms with Crippen LogP contribution in [0.3, 0.4) is 0 Å². The molecule has 1 aromatic rings. The summed E-state index contributed by atoms with van der Waals surface area (Å²) in [6.07, 6.45) is 14.6. The number of nitrogens with zero attached hydrogens (tertiary/aromatic N) is 4. The van der Waals surface area contributed by atoms with Crippen molar-refractivity contribution in [3.8, 4) is 5.88 Å². The molecule has 1 aliphatic heterocycles. The monoisotopic (exact) mass is 770 g/mol. The number of aromatic nitrogens is 2. The summed E-state index contributed by atoms with van der Waals surface area (Å²) in [5.41, 5.74) is -0.468. The topological polar surface area (TPSA) is 150 Å². The highest BCUT2D eigenvalue weighted by atomic mass is 32.1. The summed E-state index contributed by atoms with van der Waals surface area (Å²) >= 11 is 1.02. The molecule has 0 amide bonds. The maximum Gasteiger partial charge on any atom is 0.347 e. The van der Waals surface area contributed by atoms with Crippen LogP contribution >= 0.6 is 11.7 Å². The number of carbonyl (C=O) groups excluding carboxylic acids is 3. The number of aliphatic hydroxyl groups excluding tert-OH is 1. The fourth-order valence-corrected chi connectivity index (χ4v) is 6.78. The van der Waals surface area contributed by atoms with E-state index in [-0.39, 0.29) is 19.6 Å². The largest absolute Gasteiger partial charge is 0.470 e. The van der Waals surface area contributed by atoms with E-state index in [1.807, 2.05) is 25.7 Å². The minimum absolute atomic E-state index is 0.0816. The molecule has 14 heteroatoms.